The number of nitriles is 1. The minimum atomic E-state index is -0.763. The van der Waals surface area contributed by atoms with Gasteiger partial charge in [-0.1, -0.05) is 12.5 Å². The number of carboxylic acids is 1. The van der Waals surface area contributed by atoms with E-state index in [1.54, 1.807) is 17.0 Å². The fourth-order valence-corrected chi connectivity index (χ4v) is 5.65. The third-order valence-electron chi connectivity index (χ3n) is 7.43. The average Bonchev–Trinajstić information content (AvgIpc) is 3.26. The number of imidazole rings is 1. The summed E-state index contributed by atoms with van der Waals surface area (Å²) in [6.07, 6.45) is 4.03. The number of carbonyl (C=O) groups is 2. The van der Waals surface area contributed by atoms with Crippen LogP contribution in [-0.2, 0) is 16.0 Å². The van der Waals surface area contributed by atoms with Gasteiger partial charge in [-0.3, -0.25) is 9.69 Å². The quantitative estimate of drug-likeness (QED) is 0.507. The van der Waals surface area contributed by atoms with E-state index in [2.05, 4.69) is 16.0 Å². The van der Waals surface area contributed by atoms with Gasteiger partial charge in [0, 0.05) is 23.3 Å². The molecule has 0 radical (unpaired) electrons. The van der Waals surface area contributed by atoms with Gasteiger partial charge < -0.3 is 19.7 Å². The molecule has 0 bridgehead atoms. The molecule has 186 valence electrons. The van der Waals surface area contributed by atoms with Crippen molar-refractivity contribution in [3.8, 4) is 6.07 Å². The van der Waals surface area contributed by atoms with Gasteiger partial charge in [0.15, 0.2) is 0 Å². The Morgan fingerprint density at radius 3 is 2.81 bits per heavy atom. The average molecular weight is 488 g/mol. The molecular weight excluding hydrogens is 458 g/mol. The first-order valence-electron chi connectivity index (χ1n) is 12.3. The maximum atomic E-state index is 12.6. The van der Waals surface area contributed by atoms with Gasteiger partial charge in [0.25, 0.3) is 0 Å². The highest BCUT2D eigenvalue weighted by Gasteiger charge is 2.34. The van der Waals surface area contributed by atoms with E-state index in [1.807, 2.05) is 31.2 Å². The van der Waals surface area contributed by atoms with Crippen molar-refractivity contribution >= 4 is 40.4 Å². The number of anilines is 3. The maximum Gasteiger partial charge on any atom is 0.414 e. The van der Waals surface area contributed by atoms with Crippen molar-refractivity contribution in [1.29, 1.82) is 5.26 Å². The standard InChI is InChI=1S/C27H29N5O4/c1-16-9-10-21-22(31(16)27(35)36-2)11-12-23-24(21)30-26(29-19-7-3-5-17(13-19)15-28)32(23)20-8-4-6-18(14-20)25(33)34/h3,5,7,11-13,16,18,20H,4,6,8-10,14H2,1-2H3,(H,29,30)(H,33,34)/t16-,18+,20+/m0/s1. The lowest BCUT2D eigenvalue weighted by atomic mass is 9.85. The zero-order valence-electron chi connectivity index (χ0n) is 20.4. The van der Waals surface area contributed by atoms with Crippen LogP contribution in [0.25, 0.3) is 11.0 Å². The van der Waals surface area contributed by atoms with Crippen molar-refractivity contribution in [3.05, 3.63) is 47.5 Å². The van der Waals surface area contributed by atoms with Crippen LogP contribution in [0.15, 0.2) is 36.4 Å². The highest BCUT2D eigenvalue weighted by molar-refractivity contribution is 5.96. The second-order valence-corrected chi connectivity index (χ2v) is 9.64. The molecule has 0 spiro atoms. The SMILES string of the molecule is COC(=O)N1c2ccc3c(nc(Nc4cccc(C#N)c4)n3[C@@H]3CCC[C@@H](C(=O)O)C3)c2CC[C@@H]1C. The predicted octanol–water partition coefficient (Wildman–Crippen LogP) is 5.37. The summed E-state index contributed by atoms with van der Waals surface area (Å²) in [5, 5.41) is 22.4. The van der Waals surface area contributed by atoms with E-state index in [-0.39, 0.29) is 12.1 Å². The summed E-state index contributed by atoms with van der Waals surface area (Å²) in [5.74, 6) is -0.558. The van der Waals surface area contributed by atoms with Gasteiger partial charge >= 0.3 is 12.1 Å². The van der Waals surface area contributed by atoms with Gasteiger partial charge in [0.05, 0.1) is 41.4 Å². The van der Waals surface area contributed by atoms with Gasteiger partial charge in [-0.15, -0.1) is 0 Å². The Balaban J connectivity index is 1.66. The first-order chi connectivity index (χ1) is 17.4. The summed E-state index contributed by atoms with van der Waals surface area (Å²) in [4.78, 5) is 31.1. The van der Waals surface area contributed by atoms with Gasteiger partial charge in [-0.05, 0) is 69.4 Å². The third-order valence-corrected chi connectivity index (χ3v) is 7.43. The van der Waals surface area contributed by atoms with Crippen molar-refractivity contribution in [3.63, 3.8) is 0 Å². The van der Waals surface area contributed by atoms with Crippen molar-refractivity contribution < 1.29 is 19.4 Å². The van der Waals surface area contributed by atoms with Gasteiger partial charge in [-0.25, -0.2) is 9.78 Å². The van der Waals surface area contributed by atoms with E-state index >= 15 is 0 Å². The van der Waals surface area contributed by atoms with E-state index in [9.17, 15) is 20.0 Å². The molecule has 2 heterocycles. The number of benzene rings is 2. The molecule has 1 amide bonds. The van der Waals surface area contributed by atoms with Crippen molar-refractivity contribution in [2.45, 2.75) is 57.5 Å². The number of aryl methyl sites for hydroxylation is 1. The minimum absolute atomic E-state index is 0.00507. The third kappa shape index (κ3) is 4.13. The normalized spacial score (nSPS) is 21.5. The highest BCUT2D eigenvalue weighted by atomic mass is 16.5. The first-order valence-corrected chi connectivity index (χ1v) is 12.3. The zero-order valence-corrected chi connectivity index (χ0v) is 20.4. The van der Waals surface area contributed by atoms with E-state index in [0.29, 0.717) is 24.4 Å². The molecule has 36 heavy (non-hydrogen) atoms. The Morgan fingerprint density at radius 2 is 2.06 bits per heavy atom. The molecule has 3 aromatic rings. The van der Waals surface area contributed by atoms with Gasteiger partial charge in [0.1, 0.15) is 0 Å². The fourth-order valence-electron chi connectivity index (χ4n) is 5.65. The molecule has 1 fully saturated rings. The molecule has 1 aromatic heterocycles. The Labute approximate surface area is 209 Å². The number of fused-ring (bicyclic) bond motifs is 3. The number of hydrogen-bond acceptors (Lipinski definition) is 6. The molecule has 1 saturated carbocycles. The van der Waals surface area contributed by atoms with Crippen LogP contribution in [0.2, 0.25) is 0 Å². The van der Waals surface area contributed by atoms with Crippen LogP contribution in [0.4, 0.5) is 22.1 Å². The van der Waals surface area contributed by atoms with Crippen LogP contribution in [-0.4, -0.2) is 39.9 Å². The van der Waals surface area contributed by atoms with Crippen LogP contribution >= 0.6 is 0 Å². The molecule has 2 aromatic carbocycles. The van der Waals surface area contributed by atoms with E-state index in [4.69, 9.17) is 9.72 Å². The number of amides is 1. The number of nitrogens with one attached hydrogen (secondary N) is 1. The summed E-state index contributed by atoms with van der Waals surface area (Å²) in [7, 11) is 1.38. The summed E-state index contributed by atoms with van der Waals surface area (Å²) in [6, 6.07) is 13.2. The van der Waals surface area contributed by atoms with Crippen LogP contribution in [0, 0.1) is 17.2 Å². The fraction of sp³-hybridized carbons (Fsp3) is 0.407. The Kier molecular flexibility index (Phi) is 6.27. The lowest BCUT2D eigenvalue weighted by molar-refractivity contribution is -0.143. The topological polar surface area (TPSA) is 120 Å². The highest BCUT2D eigenvalue weighted by Crippen LogP contribution is 2.42. The molecule has 2 N–H and O–H groups in total. The second kappa shape index (κ2) is 9.53. The summed E-state index contributed by atoms with van der Waals surface area (Å²) in [6.45, 7) is 2.01. The maximum absolute atomic E-state index is 12.6. The number of nitrogens with zero attached hydrogens (tertiary/aromatic N) is 4. The molecular formula is C27H29N5O4. The minimum Gasteiger partial charge on any atom is -0.481 e. The number of carboxylic acid groups (broad SMARTS) is 1. The number of hydrogen-bond donors (Lipinski definition) is 2. The van der Waals surface area contributed by atoms with E-state index in [1.165, 1.54) is 7.11 Å². The molecule has 2 aliphatic rings. The molecule has 9 nitrogen and oxygen atoms in total. The zero-order chi connectivity index (χ0) is 25.4. The number of methoxy groups -OCH3 is 1. The van der Waals surface area contributed by atoms with E-state index in [0.717, 1.165) is 53.7 Å². The van der Waals surface area contributed by atoms with Crippen LogP contribution < -0.4 is 10.2 Å². The Hall–Kier alpha value is -4.06. The summed E-state index contributed by atoms with van der Waals surface area (Å²) < 4.78 is 7.17. The van der Waals surface area contributed by atoms with Crippen LogP contribution in [0.5, 0.6) is 0 Å². The van der Waals surface area contributed by atoms with Crippen LogP contribution in [0.1, 0.15) is 56.2 Å². The molecule has 9 heteroatoms. The second-order valence-electron chi connectivity index (χ2n) is 9.64. The summed E-state index contributed by atoms with van der Waals surface area (Å²) >= 11 is 0. The van der Waals surface area contributed by atoms with E-state index < -0.39 is 18.0 Å². The molecule has 1 aliphatic carbocycles. The van der Waals surface area contributed by atoms with Crippen LogP contribution in [0.3, 0.4) is 0 Å². The number of ether oxygens (including phenoxy) is 1. The van der Waals surface area contributed by atoms with Crippen molar-refractivity contribution in [2.75, 3.05) is 17.3 Å². The molecule has 5 rings (SSSR count). The number of carbonyl (C=O) groups excluding carboxylic acids is 1. The molecule has 3 atom stereocenters. The monoisotopic (exact) mass is 487 g/mol. The van der Waals surface area contributed by atoms with Crippen molar-refractivity contribution in [1.82, 2.24) is 9.55 Å². The first kappa shape index (κ1) is 23.7. The molecule has 0 unspecified atom stereocenters. The number of aliphatic carboxylic acids is 1. The largest absolute Gasteiger partial charge is 0.481 e. The summed E-state index contributed by atoms with van der Waals surface area (Å²) in [5.41, 5.74) is 4.74. The van der Waals surface area contributed by atoms with Crippen molar-refractivity contribution in [2.24, 2.45) is 5.92 Å². The Bertz CT molecular complexity index is 1370. The molecule has 1 aliphatic heterocycles. The lowest BCUT2D eigenvalue weighted by Gasteiger charge is -2.34. The van der Waals surface area contributed by atoms with Gasteiger partial charge in [0.2, 0.25) is 5.95 Å². The predicted molar refractivity (Wildman–Crippen MR) is 135 cm³/mol. The Morgan fingerprint density at radius 1 is 1.22 bits per heavy atom. The number of aromatic nitrogens is 2. The number of rotatable bonds is 4. The smallest absolute Gasteiger partial charge is 0.414 e. The lowest BCUT2D eigenvalue weighted by Crippen LogP contribution is -2.42. The van der Waals surface area contributed by atoms with Gasteiger partial charge in [-0.2, -0.15) is 5.26 Å². The molecule has 0 saturated heterocycles.